The van der Waals surface area contributed by atoms with Crippen molar-refractivity contribution < 1.29 is 4.74 Å². The van der Waals surface area contributed by atoms with E-state index in [0.29, 0.717) is 11.3 Å². The molecule has 1 aliphatic rings. The van der Waals surface area contributed by atoms with Gasteiger partial charge in [-0.2, -0.15) is 0 Å². The summed E-state index contributed by atoms with van der Waals surface area (Å²) in [5.41, 5.74) is 3.47. The summed E-state index contributed by atoms with van der Waals surface area (Å²) in [6, 6.07) is 0. The number of ether oxygens (including phenoxy) is 1. The Kier molecular flexibility index (Phi) is 3.18. The molecule has 0 saturated heterocycles. The molecule has 1 aliphatic heterocycles. The first kappa shape index (κ1) is 10.8. The lowest BCUT2D eigenvalue weighted by Gasteiger charge is -2.32. The second kappa shape index (κ2) is 3.83. The average molecular weight is 182 g/mol. The predicted molar refractivity (Wildman–Crippen MR) is 56.8 cm³/mol. The Bertz CT molecular complexity index is 206. The Morgan fingerprint density at radius 2 is 1.85 bits per heavy atom. The van der Waals surface area contributed by atoms with Crippen LogP contribution in [0.25, 0.3) is 0 Å². The minimum Gasteiger partial charge on any atom is -0.377 e. The van der Waals surface area contributed by atoms with E-state index in [4.69, 9.17) is 4.74 Å². The maximum Gasteiger partial charge on any atom is 0.0682 e. The monoisotopic (exact) mass is 182 g/mol. The third-order valence-electron chi connectivity index (χ3n) is 2.74. The van der Waals surface area contributed by atoms with Gasteiger partial charge < -0.3 is 4.74 Å². The summed E-state index contributed by atoms with van der Waals surface area (Å²) in [6.07, 6.45) is 1.12. The smallest absolute Gasteiger partial charge is 0.0682 e. The zero-order valence-electron chi connectivity index (χ0n) is 9.61. The van der Waals surface area contributed by atoms with Crippen LogP contribution in [-0.2, 0) is 4.74 Å². The Hall–Kier alpha value is -0.300. The van der Waals surface area contributed by atoms with Gasteiger partial charge in [-0.1, -0.05) is 40.2 Å². The molecule has 13 heavy (non-hydrogen) atoms. The summed E-state index contributed by atoms with van der Waals surface area (Å²) in [6.45, 7) is 13.2. The van der Waals surface area contributed by atoms with Crippen LogP contribution in [-0.4, -0.2) is 13.2 Å². The van der Waals surface area contributed by atoms with Gasteiger partial charge in [0.1, 0.15) is 0 Å². The van der Waals surface area contributed by atoms with Crippen LogP contribution in [0, 0.1) is 11.3 Å². The topological polar surface area (TPSA) is 9.23 Å². The summed E-state index contributed by atoms with van der Waals surface area (Å²) < 4.78 is 5.51. The van der Waals surface area contributed by atoms with Gasteiger partial charge in [0, 0.05) is 0 Å². The van der Waals surface area contributed by atoms with Gasteiger partial charge in [-0.15, -0.1) is 0 Å². The quantitative estimate of drug-likeness (QED) is 0.565. The molecule has 1 heterocycles. The molecule has 0 unspecified atom stereocenters. The summed E-state index contributed by atoms with van der Waals surface area (Å²) in [7, 11) is 0. The van der Waals surface area contributed by atoms with Crippen LogP contribution < -0.4 is 0 Å². The highest BCUT2D eigenvalue weighted by molar-refractivity contribution is 5.23. The molecule has 0 atom stereocenters. The number of rotatable bonds is 1. The van der Waals surface area contributed by atoms with E-state index in [0.717, 1.165) is 19.6 Å². The van der Waals surface area contributed by atoms with E-state index < -0.39 is 0 Å². The van der Waals surface area contributed by atoms with E-state index in [1.54, 1.807) is 5.57 Å². The van der Waals surface area contributed by atoms with Gasteiger partial charge in [0.15, 0.2) is 0 Å². The normalized spacial score (nSPS) is 19.8. The van der Waals surface area contributed by atoms with E-state index in [-0.39, 0.29) is 0 Å². The lowest BCUT2D eigenvalue weighted by atomic mass is 9.78. The molecule has 0 spiro atoms. The van der Waals surface area contributed by atoms with Crippen molar-refractivity contribution in [1.29, 1.82) is 0 Å². The lowest BCUT2D eigenvalue weighted by molar-refractivity contribution is 0.131. The molecule has 1 nitrogen and oxygen atoms in total. The van der Waals surface area contributed by atoms with E-state index in [1.807, 2.05) is 0 Å². The summed E-state index contributed by atoms with van der Waals surface area (Å²) in [5, 5.41) is 0. The second-order valence-corrected chi connectivity index (χ2v) is 5.21. The molecule has 76 valence electrons. The maximum absolute atomic E-state index is 5.51. The summed E-state index contributed by atoms with van der Waals surface area (Å²) in [4.78, 5) is 0. The zero-order chi connectivity index (χ0) is 10.1. The molecule has 1 rings (SSSR count). The van der Waals surface area contributed by atoms with Gasteiger partial charge in [-0.3, -0.25) is 0 Å². The first-order valence-electron chi connectivity index (χ1n) is 5.23. The first-order valence-corrected chi connectivity index (χ1v) is 5.23. The fourth-order valence-electron chi connectivity index (χ4n) is 1.98. The summed E-state index contributed by atoms with van der Waals surface area (Å²) in [5.74, 6) is 0.634. The van der Waals surface area contributed by atoms with Crippen LogP contribution in [0.1, 0.15) is 41.0 Å². The fourth-order valence-corrected chi connectivity index (χ4v) is 1.98. The molecule has 1 heteroatoms. The molecule has 0 saturated carbocycles. The number of hydrogen-bond donors (Lipinski definition) is 0. The van der Waals surface area contributed by atoms with E-state index in [9.17, 15) is 0 Å². The molecule has 0 aromatic carbocycles. The van der Waals surface area contributed by atoms with Crippen LogP contribution in [0.2, 0.25) is 0 Å². The highest BCUT2D eigenvalue weighted by Crippen LogP contribution is 2.35. The fraction of sp³-hybridized carbons (Fsp3) is 0.833. The van der Waals surface area contributed by atoms with Crippen LogP contribution in [0.5, 0.6) is 0 Å². The van der Waals surface area contributed by atoms with Crippen LogP contribution in [0.15, 0.2) is 11.1 Å². The van der Waals surface area contributed by atoms with E-state index in [2.05, 4.69) is 34.6 Å². The van der Waals surface area contributed by atoms with Crippen molar-refractivity contribution in [2.45, 2.75) is 41.0 Å². The molecular formula is C12H22O. The van der Waals surface area contributed by atoms with Crippen molar-refractivity contribution in [3.8, 4) is 0 Å². The highest BCUT2D eigenvalue weighted by Gasteiger charge is 2.24. The summed E-state index contributed by atoms with van der Waals surface area (Å²) >= 11 is 0. The molecule has 0 amide bonds. The Labute approximate surface area is 82.2 Å². The SMILES string of the molecule is CC(C)C1=C(C(C)(C)C)CCOC1. The molecule has 0 radical (unpaired) electrons. The highest BCUT2D eigenvalue weighted by atomic mass is 16.5. The molecular weight excluding hydrogens is 160 g/mol. The van der Waals surface area contributed by atoms with Gasteiger partial charge in [-0.25, -0.2) is 0 Å². The Balaban J connectivity index is 2.97. The molecule has 0 N–H and O–H groups in total. The van der Waals surface area contributed by atoms with Crippen molar-refractivity contribution in [2.24, 2.45) is 11.3 Å². The predicted octanol–water partition coefficient (Wildman–Crippen LogP) is 3.41. The van der Waals surface area contributed by atoms with Crippen molar-refractivity contribution >= 4 is 0 Å². The van der Waals surface area contributed by atoms with Crippen molar-refractivity contribution in [1.82, 2.24) is 0 Å². The average Bonchev–Trinajstić information content (AvgIpc) is 2.03. The van der Waals surface area contributed by atoms with E-state index in [1.165, 1.54) is 5.57 Å². The third-order valence-corrected chi connectivity index (χ3v) is 2.74. The zero-order valence-corrected chi connectivity index (χ0v) is 9.61. The van der Waals surface area contributed by atoms with Gasteiger partial charge in [0.2, 0.25) is 0 Å². The minimum atomic E-state index is 0.323. The second-order valence-electron chi connectivity index (χ2n) is 5.21. The minimum absolute atomic E-state index is 0.323. The van der Waals surface area contributed by atoms with E-state index >= 15 is 0 Å². The maximum atomic E-state index is 5.51. The van der Waals surface area contributed by atoms with Crippen LogP contribution >= 0.6 is 0 Å². The number of hydrogen-bond acceptors (Lipinski definition) is 1. The van der Waals surface area contributed by atoms with Crippen LogP contribution in [0.4, 0.5) is 0 Å². The molecule has 0 aliphatic carbocycles. The third kappa shape index (κ3) is 2.57. The Morgan fingerprint density at radius 1 is 1.23 bits per heavy atom. The molecule has 0 bridgehead atoms. The van der Waals surface area contributed by atoms with Gasteiger partial charge >= 0.3 is 0 Å². The molecule has 0 fully saturated rings. The standard InChI is InChI=1S/C12H22O/c1-9(2)10-8-13-7-6-11(10)12(3,4)5/h9H,6-8H2,1-5H3. The van der Waals surface area contributed by atoms with Gasteiger partial charge in [0.05, 0.1) is 13.2 Å². The van der Waals surface area contributed by atoms with Crippen molar-refractivity contribution in [3.63, 3.8) is 0 Å². The van der Waals surface area contributed by atoms with Gasteiger partial charge in [0.25, 0.3) is 0 Å². The van der Waals surface area contributed by atoms with Crippen molar-refractivity contribution in [3.05, 3.63) is 11.1 Å². The van der Waals surface area contributed by atoms with Crippen LogP contribution in [0.3, 0.4) is 0 Å². The van der Waals surface area contributed by atoms with Gasteiger partial charge in [-0.05, 0) is 23.3 Å². The molecule has 0 aromatic heterocycles. The van der Waals surface area contributed by atoms with Crippen molar-refractivity contribution in [2.75, 3.05) is 13.2 Å². The molecule has 0 aromatic rings. The Morgan fingerprint density at radius 3 is 2.23 bits per heavy atom. The lowest BCUT2D eigenvalue weighted by Crippen LogP contribution is -2.23. The first-order chi connectivity index (χ1) is 5.93. The largest absolute Gasteiger partial charge is 0.377 e.